The number of rotatable bonds is 3. The van der Waals surface area contributed by atoms with E-state index in [0.29, 0.717) is 16.4 Å². The minimum Gasteiger partial charge on any atom is -0.392 e. The highest BCUT2D eigenvalue weighted by molar-refractivity contribution is 7.80. The molecule has 2 unspecified atom stereocenters. The summed E-state index contributed by atoms with van der Waals surface area (Å²) in [5.41, 5.74) is 6.27. The lowest BCUT2D eigenvalue weighted by Gasteiger charge is -2.31. The number of hydrogen-bond donors (Lipinski definition) is 1. The molecule has 1 aliphatic rings. The highest BCUT2D eigenvalue weighted by Crippen LogP contribution is 2.34. The van der Waals surface area contributed by atoms with Crippen LogP contribution in [0.25, 0.3) is 0 Å². The number of hydrogen-bond acceptors (Lipinski definition) is 2. The van der Waals surface area contributed by atoms with Crippen molar-refractivity contribution in [1.29, 1.82) is 0 Å². The van der Waals surface area contributed by atoms with Crippen molar-refractivity contribution in [3.05, 3.63) is 0 Å². The Morgan fingerprint density at radius 3 is 2.47 bits per heavy atom. The van der Waals surface area contributed by atoms with Crippen LogP contribution in [-0.4, -0.2) is 29.0 Å². The molecule has 0 radical (unpaired) electrons. The van der Waals surface area contributed by atoms with Crippen LogP contribution in [0.1, 0.15) is 53.4 Å². The molecule has 0 aromatic heterocycles. The molecule has 2 atom stereocenters. The molecule has 1 rings (SSSR count). The molecule has 1 fully saturated rings. The summed E-state index contributed by atoms with van der Waals surface area (Å²) in [6.45, 7) is 11.6. The van der Waals surface area contributed by atoms with Crippen LogP contribution in [-0.2, 0) is 0 Å². The van der Waals surface area contributed by atoms with Gasteiger partial charge in [0.25, 0.3) is 0 Å². The minimum atomic E-state index is 0.309. The van der Waals surface area contributed by atoms with Crippen molar-refractivity contribution >= 4 is 17.2 Å². The van der Waals surface area contributed by atoms with Gasteiger partial charge in [0.15, 0.2) is 0 Å². The Labute approximate surface area is 112 Å². The van der Waals surface area contributed by atoms with Gasteiger partial charge in [0, 0.05) is 0 Å². The molecule has 17 heavy (non-hydrogen) atoms. The van der Waals surface area contributed by atoms with Crippen LogP contribution in [0.5, 0.6) is 0 Å². The maximum Gasteiger partial charge on any atom is 0.0901 e. The predicted octanol–water partition coefficient (Wildman–Crippen LogP) is 3.20. The van der Waals surface area contributed by atoms with E-state index in [-0.39, 0.29) is 0 Å². The smallest absolute Gasteiger partial charge is 0.0901 e. The van der Waals surface area contributed by atoms with Gasteiger partial charge in [-0.25, -0.2) is 0 Å². The SMILES string of the molecule is CCC(C(N)=S)N1CCCC(C(C)(C)C)CC1. The van der Waals surface area contributed by atoms with Crippen molar-refractivity contribution < 1.29 is 0 Å². The first-order valence-electron chi connectivity index (χ1n) is 6.89. The molecule has 0 aliphatic carbocycles. The second kappa shape index (κ2) is 6.14. The van der Waals surface area contributed by atoms with Crippen LogP contribution in [0.15, 0.2) is 0 Å². The Morgan fingerprint density at radius 2 is 2.00 bits per heavy atom. The fraction of sp³-hybridized carbons (Fsp3) is 0.929. The summed E-state index contributed by atoms with van der Waals surface area (Å²) >= 11 is 5.18. The molecule has 2 nitrogen and oxygen atoms in total. The number of nitrogens with zero attached hydrogens (tertiary/aromatic N) is 1. The molecule has 0 spiro atoms. The van der Waals surface area contributed by atoms with Crippen LogP contribution < -0.4 is 5.73 Å². The first-order chi connectivity index (χ1) is 7.86. The molecule has 1 aliphatic heterocycles. The van der Waals surface area contributed by atoms with Gasteiger partial charge in [-0.05, 0) is 50.1 Å². The second-order valence-corrected chi connectivity index (χ2v) is 6.83. The van der Waals surface area contributed by atoms with E-state index in [9.17, 15) is 0 Å². The maximum absolute atomic E-state index is 5.84. The van der Waals surface area contributed by atoms with Gasteiger partial charge in [0.05, 0.1) is 11.0 Å². The molecule has 0 amide bonds. The van der Waals surface area contributed by atoms with E-state index in [4.69, 9.17) is 18.0 Å². The van der Waals surface area contributed by atoms with E-state index in [1.807, 2.05) is 0 Å². The zero-order valence-electron chi connectivity index (χ0n) is 11.8. The topological polar surface area (TPSA) is 29.3 Å². The Hall–Kier alpha value is -0.150. The van der Waals surface area contributed by atoms with Crippen LogP contribution in [0.3, 0.4) is 0 Å². The summed E-state index contributed by atoms with van der Waals surface area (Å²) in [6, 6.07) is 0.309. The monoisotopic (exact) mass is 256 g/mol. The molecular formula is C14H28N2S. The van der Waals surface area contributed by atoms with Gasteiger partial charge < -0.3 is 5.73 Å². The van der Waals surface area contributed by atoms with E-state index in [2.05, 4.69) is 32.6 Å². The highest BCUT2D eigenvalue weighted by atomic mass is 32.1. The summed E-state index contributed by atoms with van der Waals surface area (Å²) in [7, 11) is 0. The van der Waals surface area contributed by atoms with Crippen molar-refractivity contribution in [2.75, 3.05) is 13.1 Å². The normalized spacial score (nSPS) is 25.3. The average molecular weight is 256 g/mol. The molecule has 3 heteroatoms. The summed E-state index contributed by atoms with van der Waals surface area (Å²) in [5.74, 6) is 0.830. The Morgan fingerprint density at radius 1 is 1.35 bits per heavy atom. The van der Waals surface area contributed by atoms with Crippen LogP contribution >= 0.6 is 12.2 Å². The first kappa shape index (κ1) is 14.9. The zero-order valence-corrected chi connectivity index (χ0v) is 12.6. The third-order valence-electron chi connectivity index (χ3n) is 4.14. The molecule has 1 saturated heterocycles. The van der Waals surface area contributed by atoms with Crippen LogP contribution in [0.4, 0.5) is 0 Å². The van der Waals surface area contributed by atoms with Gasteiger partial charge in [-0.3, -0.25) is 4.90 Å². The van der Waals surface area contributed by atoms with Crippen molar-refractivity contribution in [2.24, 2.45) is 17.1 Å². The van der Waals surface area contributed by atoms with Gasteiger partial charge in [0.2, 0.25) is 0 Å². The third kappa shape index (κ3) is 4.22. The van der Waals surface area contributed by atoms with Crippen molar-refractivity contribution in [2.45, 2.75) is 59.4 Å². The summed E-state index contributed by atoms with van der Waals surface area (Å²) in [5, 5.41) is 0. The lowest BCUT2D eigenvalue weighted by atomic mass is 9.77. The van der Waals surface area contributed by atoms with Gasteiger partial charge in [-0.15, -0.1) is 0 Å². The van der Waals surface area contributed by atoms with E-state index in [1.54, 1.807) is 0 Å². The molecular weight excluding hydrogens is 228 g/mol. The number of nitrogens with two attached hydrogens (primary N) is 1. The lowest BCUT2D eigenvalue weighted by molar-refractivity contribution is 0.200. The summed E-state index contributed by atoms with van der Waals surface area (Å²) in [4.78, 5) is 3.16. The van der Waals surface area contributed by atoms with E-state index >= 15 is 0 Å². The maximum atomic E-state index is 5.84. The van der Waals surface area contributed by atoms with Crippen molar-refractivity contribution in [3.8, 4) is 0 Å². The summed E-state index contributed by atoms with van der Waals surface area (Å²) in [6.07, 6.45) is 4.94. The summed E-state index contributed by atoms with van der Waals surface area (Å²) < 4.78 is 0. The van der Waals surface area contributed by atoms with E-state index in [1.165, 1.54) is 19.3 Å². The zero-order chi connectivity index (χ0) is 13.1. The Bertz CT molecular complexity index is 257. The standard InChI is InChI=1S/C14H28N2S/c1-5-12(13(15)17)16-9-6-7-11(8-10-16)14(2,3)4/h11-12H,5-10H2,1-4H3,(H2,15,17). The first-order valence-corrected chi connectivity index (χ1v) is 7.30. The molecule has 0 saturated carbocycles. The molecule has 100 valence electrons. The number of thiocarbonyl (C=S) groups is 1. The fourth-order valence-corrected chi connectivity index (χ4v) is 3.25. The van der Waals surface area contributed by atoms with Crippen molar-refractivity contribution in [1.82, 2.24) is 4.90 Å². The largest absolute Gasteiger partial charge is 0.392 e. The van der Waals surface area contributed by atoms with Gasteiger partial charge in [-0.2, -0.15) is 0 Å². The van der Waals surface area contributed by atoms with E-state index in [0.717, 1.165) is 25.4 Å². The lowest BCUT2D eigenvalue weighted by Crippen LogP contribution is -2.44. The highest BCUT2D eigenvalue weighted by Gasteiger charge is 2.29. The molecule has 0 aromatic rings. The second-order valence-electron chi connectivity index (χ2n) is 6.36. The van der Waals surface area contributed by atoms with Crippen LogP contribution in [0, 0.1) is 11.3 Å². The minimum absolute atomic E-state index is 0.309. The third-order valence-corrected chi connectivity index (χ3v) is 4.42. The quantitative estimate of drug-likeness (QED) is 0.786. The van der Waals surface area contributed by atoms with E-state index < -0.39 is 0 Å². The van der Waals surface area contributed by atoms with Crippen LogP contribution in [0.2, 0.25) is 0 Å². The number of likely N-dealkylation sites (tertiary alicyclic amines) is 1. The molecule has 0 aromatic carbocycles. The van der Waals surface area contributed by atoms with Gasteiger partial charge in [0.1, 0.15) is 0 Å². The Balaban J connectivity index is 2.61. The molecule has 2 N–H and O–H groups in total. The van der Waals surface area contributed by atoms with Crippen molar-refractivity contribution in [3.63, 3.8) is 0 Å². The van der Waals surface area contributed by atoms with Gasteiger partial charge >= 0.3 is 0 Å². The molecule has 0 bridgehead atoms. The van der Waals surface area contributed by atoms with Gasteiger partial charge in [-0.1, -0.05) is 39.9 Å². The Kier molecular flexibility index (Phi) is 5.39. The predicted molar refractivity (Wildman–Crippen MR) is 79.2 cm³/mol. The molecule has 1 heterocycles. The average Bonchev–Trinajstić information content (AvgIpc) is 2.43. The fourth-order valence-electron chi connectivity index (χ4n) is 2.94.